The van der Waals surface area contributed by atoms with Crippen molar-refractivity contribution in [1.29, 1.82) is 10.8 Å². The van der Waals surface area contributed by atoms with Gasteiger partial charge in [-0.2, -0.15) is 0 Å². The highest BCUT2D eigenvalue weighted by molar-refractivity contribution is 8.03. The molecule has 0 unspecified atom stereocenters. The SMILES string of the molecule is CCN1C(=C(C(=O)c2ccc(C(=N)/N=C(\N=C\C(Cl)(Cl)Cl)C(Cl)(Cl)Cl)cc2)C(=O)c2ccc(C(=N)/N=C(\N=C\C(Cl)(Cl)Cl)C(Cl)(Cl)Cl)cc2)Sc2ccccc21. The summed E-state index contributed by atoms with van der Waals surface area (Å²) in [4.78, 5) is 47.1. The molecular weight excluding hydrogens is 996 g/mol. The summed E-state index contributed by atoms with van der Waals surface area (Å²) in [5, 5.41) is 17.4. The second-order valence-electron chi connectivity index (χ2n) is 11.0. The number of carbonyl (C=O) groups excluding carboxylic acids is 2. The summed E-state index contributed by atoms with van der Waals surface area (Å²) in [5.74, 6) is -2.93. The summed E-state index contributed by atoms with van der Waals surface area (Å²) in [6, 6.07) is 18.9. The Hall–Kier alpha value is -1.61. The Morgan fingerprint density at radius 3 is 1.36 bits per heavy atom. The normalized spacial score (nSPS) is 14.4. The summed E-state index contributed by atoms with van der Waals surface area (Å²) >= 11 is 71.4. The van der Waals surface area contributed by atoms with Crippen LogP contribution >= 0.6 is 151 Å². The van der Waals surface area contributed by atoms with Gasteiger partial charge in [-0.05, 0) is 19.1 Å². The van der Waals surface area contributed by atoms with Crippen molar-refractivity contribution in [1.82, 2.24) is 0 Å². The molecular formula is C34H21Cl12N7O2S. The van der Waals surface area contributed by atoms with E-state index < -0.39 is 50.1 Å². The Kier molecular flexibility index (Phi) is 16.1. The monoisotopic (exact) mass is 1010 g/mol. The van der Waals surface area contributed by atoms with E-state index in [2.05, 4.69) is 20.0 Å². The number of para-hydroxylation sites is 1. The number of halogens is 12. The number of amidine groups is 4. The molecule has 1 aliphatic rings. The van der Waals surface area contributed by atoms with Crippen molar-refractivity contribution in [2.75, 3.05) is 11.4 Å². The van der Waals surface area contributed by atoms with E-state index in [1.165, 1.54) is 60.3 Å². The second kappa shape index (κ2) is 19.2. The van der Waals surface area contributed by atoms with Crippen LogP contribution in [-0.2, 0) is 0 Å². The highest BCUT2D eigenvalue weighted by Crippen LogP contribution is 2.47. The fourth-order valence-electron chi connectivity index (χ4n) is 4.62. The largest absolute Gasteiger partial charge is 0.335 e. The van der Waals surface area contributed by atoms with E-state index in [4.69, 9.17) is 150 Å². The molecule has 3 aromatic rings. The van der Waals surface area contributed by atoms with Crippen LogP contribution in [0.5, 0.6) is 0 Å². The van der Waals surface area contributed by atoms with Gasteiger partial charge in [0.15, 0.2) is 34.9 Å². The fraction of sp³-hybridized carbons (Fsp3) is 0.176. The van der Waals surface area contributed by atoms with Gasteiger partial charge in [-0.25, -0.2) is 20.0 Å². The molecule has 22 heteroatoms. The average Bonchev–Trinajstić information content (AvgIpc) is 3.47. The van der Waals surface area contributed by atoms with Gasteiger partial charge < -0.3 is 4.90 Å². The van der Waals surface area contributed by atoms with E-state index in [1.807, 2.05) is 36.1 Å². The molecule has 0 spiro atoms. The lowest BCUT2D eigenvalue weighted by Gasteiger charge is -2.21. The smallest absolute Gasteiger partial charge is 0.250 e. The molecule has 0 radical (unpaired) electrons. The number of nitrogens with zero attached hydrogens (tertiary/aromatic N) is 5. The average molecular weight is 1020 g/mol. The molecule has 0 aliphatic carbocycles. The van der Waals surface area contributed by atoms with Crippen LogP contribution in [0.1, 0.15) is 38.8 Å². The van der Waals surface area contributed by atoms with Crippen molar-refractivity contribution in [2.45, 2.75) is 27.0 Å². The molecule has 56 heavy (non-hydrogen) atoms. The fourth-order valence-corrected chi connectivity index (χ4v) is 6.72. The van der Waals surface area contributed by atoms with E-state index in [9.17, 15) is 9.59 Å². The van der Waals surface area contributed by atoms with Gasteiger partial charge >= 0.3 is 0 Å². The molecule has 294 valence electrons. The molecule has 0 aromatic heterocycles. The number of allylic oxidation sites excluding steroid dienone is 1. The molecule has 0 bridgehead atoms. The van der Waals surface area contributed by atoms with Crippen molar-refractivity contribution in [3.63, 3.8) is 0 Å². The number of benzene rings is 3. The molecule has 0 saturated carbocycles. The third-order valence-corrected chi connectivity index (χ3v) is 9.82. The maximum absolute atomic E-state index is 14.4. The van der Waals surface area contributed by atoms with Crippen LogP contribution in [0.2, 0.25) is 0 Å². The van der Waals surface area contributed by atoms with Gasteiger partial charge in [-0.3, -0.25) is 20.4 Å². The molecule has 4 rings (SSSR count). The van der Waals surface area contributed by atoms with Gasteiger partial charge in [0.1, 0.15) is 5.57 Å². The van der Waals surface area contributed by atoms with Crippen molar-refractivity contribution < 1.29 is 9.59 Å². The summed E-state index contributed by atoms with van der Waals surface area (Å²) in [7, 11) is 0. The molecule has 2 N–H and O–H groups in total. The first-order valence-electron chi connectivity index (χ1n) is 15.2. The molecule has 0 amide bonds. The zero-order chi connectivity index (χ0) is 41.8. The number of hydrogen-bond acceptors (Lipinski definition) is 6. The lowest BCUT2D eigenvalue weighted by atomic mass is 9.94. The first-order chi connectivity index (χ1) is 25.9. The van der Waals surface area contributed by atoms with Gasteiger partial charge in [0, 0.05) is 33.7 Å². The number of ketones is 2. The van der Waals surface area contributed by atoms with Gasteiger partial charge in [-0.15, -0.1) is 0 Å². The number of Topliss-reactive ketones (excluding diaryl/α,β-unsaturated/α-hetero) is 2. The van der Waals surface area contributed by atoms with Gasteiger partial charge in [-0.1, -0.05) is 212 Å². The standard InChI is InChI=1S/C34H21Cl12N7O2S/c1-2-53-21-5-3-4-6-22(21)56-28(53)23(24(54)17-7-11-19(12-8-17)26(47)51-29(33(41,42)43)49-15-31(35,36)37)25(55)18-9-13-20(14-10-18)27(48)52-30(34(44,45)46)50-16-32(38,39)40/h3-16,47-48H,2H2,1H3/b28-23?,47-26?,48-27?,49-15+,50-16+,51-29-,52-30-. The lowest BCUT2D eigenvalue weighted by Crippen LogP contribution is -2.24. The van der Waals surface area contributed by atoms with Crippen LogP contribution in [0, 0.1) is 10.8 Å². The molecule has 9 nitrogen and oxygen atoms in total. The number of alkyl halides is 12. The molecule has 0 atom stereocenters. The van der Waals surface area contributed by atoms with Crippen LogP contribution in [0.4, 0.5) is 5.69 Å². The van der Waals surface area contributed by atoms with Crippen LogP contribution in [0.25, 0.3) is 0 Å². The maximum Gasteiger partial charge on any atom is 0.250 e. The van der Waals surface area contributed by atoms with Crippen molar-refractivity contribution >= 4 is 204 Å². The topological polar surface area (TPSA) is 135 Å². The minimum atomic E-state index is -2.18. The number of aliphatic imine (C=N–C) groups is 4. The highest BCUT2D eigenvalue weighted by Gasteiger charge is 2.35. The Morgan fingerprint density at radius 1 is 0.625 bits per heavy atom. The third-order valence-electron chi connectivity index (χ3n) is 7.04. The van der Waals surface area contributed by atoms with Crippen molar-refractivity contribution in [3.8, 4) is 0 Å². The molecule has 1 aliphatic heterocycles. The summed E-state index contributed by atoms with van der Waals surface area (Å²) in [5.41, 5.74) is 1.33. The first kappa shape index (κ1) is 47.1. The zero-order valence-electron chi connectivity index (χ0n) is 27.8. The van der Waals surface area contributed by atoms with E-state index in [0.717, 1.165) is 23.0 Å². The number of hydrogen-bond donors (Lipinski definition) is 2. The van der Waals surface area contributed by atoms with E-state index in [1.54, 1.807) is 0 Å². The number of anilines is 1. The first-order valence-corrected chi connectivity index (χ1v) is 20.6. The third kappa shape index (κ3) is 12.9. The number of carbonyl (C=O) groups is 2. The summed E-state index contributed by atoms with van der Waals surface area (Å²) in [6.45, 7) is 2.33. The molecule has 0 fully saturated rings. The number of thioether (sulfide) groups is 1. The van der Waals surface area contributed by atoms with E-state index in [-0.39, 0.29) is 27.8 Å². The minimum Gasteiger partial charge on any atom is -0.335 e. The van der Waals surface area contributed by atoms with Crippen LogP contribution in [0.15, 0.2) is 108 Å². The summed E-state index contributed by atoms with van der Waals surface area (Å²) in [6.07, 6.45) is 1.72. The summed E-state index contributed by atoms with van der Waals surface area (Å²) < 4.78 is -8.23. The Balaban J connectivity index is 1.74. The predicted molar refractivity (Wildman–Crippen MR) is 241 cm³/mol. The lowest BCUT2D eigenvalue weighted by molar-refractivity contribution is 0.0961. The van der Waals surface area contributed by atoms with E-state index in [0.29, 0.717) is 11.6 Å². The van der Waals surface area contributed by atoms with Crippen molar-refractivity contribution in [2.24, 2.45) is 20.0 Å². The number of fused-ring (bicyclic) bond motifs is 1. The van der Waals surface area contributed by atoms with Gasteiger partial charge in [0.05, 0.1) is 23.1 Å². The van der Waals surface area contributed by atoms with E-state index >= 15 is 0 Å². The Bertz CT molecular complexity index is 2060. The van der Waals surface area contributed by atoms with Crippen LogP contribution in [0.3, 0.4) is 0 Å². The zero-order valence-corrected chi connectivity index (χ0v) is 37.7. The van der Waals surface area contributed by atoms with Crippen LogP contribution in [-0.4, -0.2) is 69.1 Å². The molecule has 0 saturated heterocycles. The van der Waals surface area contributed by atoms with Gasteiger partial charge in [0.2, 0.25) is 15.2 Å². The number of nitrogens with one attached hydrogen (secondary N) is 2. The minimum absolute atomic E-state index is 0.118. The quantitative estimate of drug-likeness (QED) is 0.0463. The number of rotatable bonds is 7. The predicted octanol–water partition coefficient (Wildman–Crippen LogP) is 12.7. The Labute approximate surface area is 384 Å². The Morgan fingerprint density at radius 2 is 1.00 bits per heavy atom. The van der Waals surface area contributed by atoms with Gasteiger partial charge in [0.25, 0.3) is 0 Å². The molecule has 3 aromatic carbocycles. The second-order valence-corrected chi connectivity index (χ2v) is 21.3. The maximum atomic E-state index is 14.4. The van der Waals surface area contributed by atoms with Crippen LogP contribution < -0.4 is 4.90 Å². The highest BCUT2D eigenvalue weighted by atomic mass is 35.6. The van der Waals surface area contributed by atoms with Crippen molar-refractivity contribution in [3.05, 3.63) is 106 Å². The molecule has 1 heterocycles.